The van der Waals surface area contributed by atoms with E-state index >= 15 is 0 Å². The highest BCUT2D eigenvalue weighted by Crippen LogP contribution is 2.11. The monoisotopic (exact) mass is 191 g/mol. The number of amides is 1. The Morgan fingerprint density at radius 2 is 1.93 bits per heavy atom. The van der Waals surface area contributed by atoms with E-state index < -0.39 is 0 Å². The molecule has 0 atom stereocenters. The van der Waals surface area contributed by atoms with Gasteiger partial charge in [0.1, 0.15) is 0 Å². The maximum Gasteiger partial charge on any atom is 0.211 e. The van der Waals surface area contributed by atoms with Gasteiger partial charge in [-0.25, -0.2) is 0 Å². The molecule has 0 radical (unpaired) electrons. The van der Waals surface area contributed by atoms with Crippen LogP contribution >= 0.6 is 0 Å². The standard InChI is InChI=1S/C12H17NO/c1-2-3-4-5-11-6-8-12(9-7-11)13-10-14/h6-10H,2-5H2,1H3,(H,13,14). The molecule has 0 unspecified atom stereocenters. The molecule has 0 saturated heterocycles. The second kappa shape index (κ2) is 6.19. The van der Waals surface area contributed by atoms with Gasteiger partial charge >= 0.3 is 0 Å². The average molecular weight is 191 g/mol. The van der Waals surface area contributed by atoms with Crippen molar-refractivity contribution in [1.29, 1.82) is 0 Å². The lowest BCUT2D eigenvalue weighted by Gasteiger charge is -2.02. The maximum atomic E-state index is 10.2. The minimum atomic E-state index is 0.700. The van der Waals surface area contributed by atoms with Gasteiger partial charge in [0.25, 0.3) is 0 Å². The normalized spacial score (nSPS) is 9.79. The molecule has 1 aromatic carbocycles. The summed E-state index contributed by atoms with van der Waals surface area (Å²) in [5.74, 6) is 0. The first-order valence-electron chi connectivity index (χ1n) is 5.16. The van der Waals surface area contributed by atoms with Gasteiger partial charge in [-0.2, -0.15) is 0 Å². The largest absolute Gasteiger partial charge is 0.329 e. The van der Waals surface area contributed by atoms with Gasteiger partial charge in [0.2, 0.25) is 6.41 Å². The first kappa shape index (κ1) is 10.8. The van der Waals surface area contributed by atoms with Crippen LogP contribution in [0.1, 0.15) is 31.7 Å². The van der Waals surface area contributed by atoms with Gasteiger partial charge in [-0.1, -0.05) is 31.9 Å². The molecule has 0 spiro atoms. The summed E-state index contributed by atoms with van der Waals surface area (Å²) < 4.78 is 0. The topological polar surface area (TPSA) is 29.1 Å². The first-order chi connectivity index (χ1) is 6.86. The number of benzene rings is 1. The van der Waals surface area contributed by atoms with Crippen LogP contribution in [0.25, 0.3) is 0 Å². The molecule has 0 saturated carbocycles. The van der Waals surface area contributed by atoms with Crippen molar-refractivity contribution < 1.29 is 4.79 Å². The summed E-state index contributed by atoms with van der Waals surface area (Å²) in [6.07, 6.45) is 5.62. The fourth-order valence-electron chi connectivity index (χ4n) is 1.41. The Hall–Kier alpha value is -1.31. The summed E-state index contributed by atoms with van der Waals surface area (Å²) in [4.78, 5) is 10.2. The van der Waals surface area contributed by atoms with Crippen LogP contribution in [0.3, 0.4) is 0 Å². The lowest BCUT2D eigenvalue weighted by Crippen LogP contribution is -1.93. The third kappa shape index (κ3) is 3.60. The number of hydrogen-bond donors (Lipinski definition) is 1. The number of rotatable bonds is 6. The van der Waals surface area contributed by atoms with Gasteiger partial charge in [0.05, 0.1) is 0 Å². The lowest BCUT2D eigenvalue weighted by molar-refractivity contribution is -0.105. The molecule has 76 valence electrons. The number of nitrogens with one attached hydrogen (secondary N) is 1. The van der Waals surface area contributed by atoms with Gasteiger partial charge < -0.3 is 5.32 Å². The Labute approximate surface area is 85.3 Å². The molecule has 1 rings (SSSR count). The van der Waals surface area contributed by atoms with Crippen molar-refractivity contribution in [3.63, 3.8) is 0 Å². The van der Waals surface area contributed by atoms with Gasteiger partial charge in [0, 0.05) is 5.69 Å². The molecule has 0 aromatic heterocycles. The van der Waals surface area contributed by atoms with E-state index in [0.29, 0.717) is 6.41 Å². The molecule has 0 heterocycles. The van der Waals surface area contributed by atoms with Crippen LogP contribution in [-0.4, -0.2) is 6.41 Å². The van der Waals surface area contributed by atoms with E-state index in [-0.39, 0.29) is 0 Å². The number of aryl methyl sites for hydroxylation is 1. The van der Waals surface area contributed by atoms with Crippen molar-refractivity contribution in [2.24, 2.45) is 0 Å². The first-order valence-corrected chi connectivity index (χ1v) is 5.16. The van der Waals surface area contributed by atoms with Gasteiger partial charge in [-0.3, -0.25) is 4.79 Å². The fourth-order valence-corrected chi connectivity index (χ4v) is 1.41. The summed E-state index contributed by atoms with van der Waals surface area (Å²) in [5.41, 5.74) is 2.20. The van der Waals surface area contributed by atoms with Crippen molar-refractivity contribution in [2.45, 2.75) is 32.6 Å². The zero-order valence-corrected chi connectivity index (χ0v) is 8.62. The van der Waals surface area contributed by atoms with Crippen LogP contribution < -0.4 is 5.32 Å². The molecule has 0 aliphatic heterocycles. The fraction of sp³-hybridized carbons (Fsp3) is 0.417. The highest BCUT2D eigenvalue weighted by atomic mass is 16.1. The predicted molar refractivity (Wildman–Crippen MR) is 59.4 cm³/mol. The minimum absolute atomic E-state index is 0.700. The number of carbonyl (C=O) groups excluding carboxylic acids is 1. The number of anilines is 1. The molecular formula is C12H17NO. The highest BCUT2D eigenvalue weighted by molar-refractivity contribution is 5.70. The van der Waals surface area contributed by atoms with E-state index in [1.807, 2.05) is 12.1 Å². The van der Waals surface area contributed by atoms with Crippen LogP contribution in [0.4, 0.5) is 5.69 Å². The van der Waals surface area contributed by atoms with Crippen molar-refractivity contribution in [1.82, 2.24) is 0 Å². The molecule has 2 heteroatoms. The maximum absolute atomic E-state index is 10.2. The van der Waals surface area contributed by atoms with E-state index in [1.165, 1.54) is 24.8 Å². The van der Waals surface area contributed by atoms with Crippen molar-refractivity contribution in [3.8, 4) is 0 Å². The van der Waals surface area contributed by atoms with Gasteiger partial charge in [0.15, 0.2) is 0 Å². The third-order valence-electron chi connectivity index (χ3n) is 2.25. The summed E-state index contributed by atoms with van der Waals surface area (Å²) in [6.45, 7) is 2.21. The molecule has 0 bridgehead atoms. The smallest absolute Gasteiger partial charge is 0.211 e. The lowest BCUT2D eigenvalue weighted by atomic mass is 10.1. The molecule has 0 aliphatic rings. The van der Waals surface area contributed by atoms with E-state index in [2.05, 4.69) is 24.4 Å². The SMILES string of the molecule is CCCCCc1ccc(NC=O)cc1. The van der Waals surface area contributed by atoms with Crippen LogP contribution in [0.15, 0.2) is 24.3 Å². The van der Waals surface area contributed by atoms with Crippen LogP contribution in [0, 0.1) is 0 Å². The molecule has 14 heavy (non-hydrogen) atoms. The second-order valence-electron chi connectivity index (χ2n) is 3.42. The van der Waals surface area contributed by atoms with E-state index in [9.17, 15) is 4.79 Å². The van der Waals surface area contributed by atoms with Crippen LogP contribution in [0.5, 0.6) is 0 Å². The van der Waals surface area contributed by atoms with E-state index in [1.54, 1.807) is 0 Å². The van der Waals surface area contributed by atoms with Crippen molar-refractivity contribution in [3.05, 3.63) is 29.8 Å². The summed E-state index contributed by atoms with van der Waals surface area (Å²) in [7, 11) is 0. The number of carbonyl (C=O) groups is 1. The quantitative estimate of drug-likeness (QED) is 0.543. The molecule has 0 aliphatic carbocycles. The number of hydrogen-bond acceptors (Lipinski definition) is 1. The minimum Gasteiger partial charge on any atom is -0.329 e. The van der Waals surface area contributed by atoms with E-state index in [0.717, 1.165) is 12.1 Å². The Kier molecular flexibility index (Phi) is 4.76. The van der Waals surface area contributed by atoms with Gasteiger partial charge in [-0.05, 0) is 30.5 Å². The zero-order valence-electron chi connectivity index (χ0n) is 8.62. The second-order valence-corrected chi connectivity index (χ2v) is 3.42. The van der Waals surface area contributed by atoms with Crippen LogP contribution in [-0.2, 0) is 11.2 Å². The molecule has 1 N–H and O–H groups in total. The molecule has 1 amide bonds. The van der Waals surface area contributed by atoms with Crippen molar-refractivity contribution >= 4 is 12.1 Å². The van der Waals surface area contributed by atoms with Crippen LogP contribution in [0.2, 0.25) is 0 Å². The average Bonchev–Trinajstić information content (AvgIpc) is 2.21. The molecular weight excluding hydrogens is 174 g/mol. The Morgan fingerprint density at radius 1 is 1.21 bits per heavy atom. The summed E-state index contributed by atoms with van der Waals surface area (Å²) >= 11 is 0. The molecule has 2 nitrogen and oxygen atoms in total. The number of unbranched alkanes of at least 4 members (excludes halogenated alkanes) is 2. The zero-order chi connectivity index (χ0) is 10.2. The van der Waals surface area contributed by atoms with Crippen molar-refractivity contribution in [2.75, 3.05) is 5.32 Å². The van der Waals surface area contributed by atoms with Gasteiger partial charge in [-0.15, -0.1) is 0 Å². The Morgan fingerprint density at radius 3 is 2.50 bits per heavy atom. The molecule has 0 fully saturated rings. The summed E-state index contributed by atoms with van der Waals surface area (Å²) in [6, 6.07) is 8.02. The highest BCUT2D eigenvalue weighted by Gasteiger charge is 1.93. The Balaban J connectivity index is 2.42. The third-order valence-corrected chi connectivity index (χ3v) is 2.25. The molecule has 1 aromatic rings. The predicted octanol–water partition coefficient (Wildman–Crippen LogP) is 2.99. The Bertz CT molecular complexity index is 266. The summed E-state index contributed by atoms with van der Waals surface area (Å²) in [5, 5.41) is 2.62. The van der Waals surface area contributed by atoms with E-state index in [4.69, 9.17) is 0 Å².